The summed E-state index contributed by atoms with van der Waals surface area (Å²) < 4.78 is 35.9. The Bertz CT molecular complexity index is 795. The summed E-state index contributed by atoms with van der Waals surface area (Å²) in [6.45, 7) is 1.49. The first-order valence-corrected chi connectivity index (χ1v) is 11.2. The second-order valence-electron chi connectivity index (χ2n) is 7.26. The molecule has 0 spiro atoms. The number of carbonyl (C=O) groups excluding carboxylic acids is 1. The molecule has 0 aromatic heterocycles. The summed E-state index contributed by atoms with van der Waals surface area (Å²) in [5, 5.41) is 0. The fourth-order valence-electron chi connectivity index (χ4n) is 4.12. The van der Waals surface area contributed by atoms with Crippen molar-refractivity contribution >= 4 is 15.9 Å². The molecule has 1 aromatic rings. The highest BCUT2D eigenvalue weighted by atomic mass is 32.2. The minimum absolute atomic E-state index is 0.00841. The zero-order valence-corrected chi connectivity index (χ0v) is 17.0. The standard InChI is InChI=1S/C19H28N2O5S/c1-25-17-9-8-14(12-18(17)26-2)16-7-5-11-21(16)19(22)15-6-4-10-20(13-15)27(3,23)24/h8-9,12,15-16H,4-7,10-11,13H2,1-3H3/t15-,16-/m0/s1. The maximum absolute atomic E-state index is 13.2. The van der Waals surface area contributed by atoms with Crippen LogP contribution in [0.25, 0.3) is 0 Å². The van der Waals surface area contributed by atoms with Gasteiger partial charge in [-0.3, -0.25) is 4.79 Å². The summed E-state index contributed by atoms with van der Waals surface area (Å²) in [5.74, 6) is 1.10. The molecule has 2 heterocycles. The second kappa shape index (κ2) is 8.06. The van der Waals surface area contributed by atoms with E-state index in [1.807, 2.05) is 23.1 Å². The maximum Gasteiger partial charge on any atom is 0.227 e. The topological polar surface area (TPSA) is 76.2 Å². The summed E-state index contributed by atoms with van der Waals surface area (Å²) in [6, 6.07) is 5.76. The van der Waals surface area contributed by atoms with Gasteiger partial charge in [-0.15, -0.1) is 0 Å². The number of rotatable bonds is 5. The fourth-order valence-corrected chi connectivity index (χ4v) is 5.03. The van der Waals surface area contributed by atoms with Gasteiger partial charge in [0.05, 0.1) is 32.4 Å². The average Bonchev–Trinajstić information content (AvgIpc) is 3.16. The van der Waals surface area contributed by atoms with Crippen LogP contribution in [-0.4, -0.2) is 63.6 Å². The predicted octanol–water partition coefficient (Wildman–Crippen LogP) is 2.04. The van der Waals surface area contributed by atoms with E-state index in [0.29, 0.717) is 24.6 Å². The summed E-state index contributed by atoms with van der Waals surface area (Å²) in [7, 11) is -0.0711. The van der Waals surface area contributed by atoms with Gasteiger partial charge in [-0.2, -0.15) is 0 Å². The zero-order chi connectivity index (χ0) is 19.6. The number of sulfonamides is 1. The number of amides is 1. The van der Waals surface area contributed by atoms with E-state index in [9.17, 15) is 13.2 Å². The fraction of sp³-hybridized carbons (Fsp3) is 0.632. The Morgan fingerprint density at radius 1 is 1.07 bits per heavy atom. The minimum atomic E-state index is -3.27. The number of methoxy groups -OCH3 is 2. The lowest BCUT2D eigenvalue weighted by atomic mass is 9.96. The van der Waals surface area contributed by atoms with E-state index in [1.165, 1.54) is 10.6 Å². The van der Waals surface area contributed by atoms with Crippen molar-refractivity contribution in [2.24, 2.45) is 5.92 Å². The molecule has 0 unspecified atom stereocenters. The summed E-state index contributed by atoms with van der Waals surface area (Å²) in [5.41, 5.74) is 1.02. The van der Waals surface area contributed by atoms with Gasteiger partial charge in [0.2, 0.25) is 15.9 Å². The van der Waals surface area contributed by atoms with E-state index in [-0.39, 0.29) is 24.4 Å². The maximum atomic E-state index is 13.2. The summed E-state index contributed by atoms with van der Waals surface area (Å²) in [4.78, 5) is 15.1. The van der Waals surface area contributed by atoms with Gasteiger partial charge in [-0.1, -0.05) is 6.07 Å². The SMILES string of the molecule is COc1ccc([C@@H]2CCCN2C(=O)[C@H]2CCCN(S(C)(=O)=O)C2)cc1OC. The molecular weight excluding hydrogens is 368 g/mol. The van der Waals surface area contributed by atoms with Gasteiger partial charge in [0.15, 0.2) is 11.5 Å². The number of benzene rings is 1. The Balaban J connectivity index is 1.79. The third-order valence-corrected chi connectivity index (χ3v) is 6.80. The number of piperidine rings is 1. The molecule has 1 aromatic carbocycles. The molecule has 0 saturated carbocycles. The van der Waals surface area contributed by atoms with Crippen LogP contribution in [0.4, 0.5) is 0 Å². The van der Waals surface area contributed by atoms with E-state index in [4.69, 9.17) is 9.47 Å². The minimum Gasteiger partial charge on any atom is -0.493 e. The Morgan fingerprint density at radius 3 is 2.44 bits per heavy atom. The van der Waals surface area contributed by atoms with Crippen molar-refractivity contribution in [1.29, 1.82) is 0 Å². The van der Waals surface area contributed by atoms with Crippen LogP contribution in [0, 0.1) is 5.92 Å². The van der Waals surface area contributed by atoms with Gasteiger partial charge in [-0.05, 0) is 43.4 Å². The van der Waals surface area contributed by atoms with E-state index in [2.05, 4.69) is 0 Å². The summed E-state index contributed by atoms with van der Waals surface area (Å²) >= 11 is 0. The highest BCUT2D eigenvalue weighted by Crippen LogP contribution is 2.38. The highest BCUT2D eigenvalue weighted by Gasteiger charge is 2.37. The molecular formula is C19H28N2O5S. The predicted molar refractivity (Wildman–Crippen MR) is 102 cm³/mol. The monoisotopic (exact) mass is 396 g/mol. The number of carbonyl (C=O) groups is 1. The van der Waals surface area contributed by atoms with Crippen LogP contribution in [0.3, 0.4) is 0 Å². The van der Waals surface area contributed by atoms with Crippen LogP contribution >= 0.6 is 0 Å². The molecule has 2 aliphatic heterocycles. The van der Waals surface area contributed by atoms with Gasteiger partial charge < -0.3 is 14.4 Å². The van der Waals surface area contributed by atoms with Crippen molar-refractivity contribution in [3.63, 3.8) is 0 Å². The smallest absolute Gasteiger partial charge is 0.227 e. The van der Waals surface area contributed by atoms with Crippen LogP contribution in [-0.2, 0) is 14.8 Å². The molecule has 7 nitrogen and oxygen atoms in total. The number of ether oxygens (including phenoxy) is 2. The average molecular weight is 397 g/mol. The molecule has 1 amide bonds. The van der Waals surface area contributed by atoms with E-state index < -0.39 is 10.0 Å². The first-order chi connectivity index (χ1) is 12.8. The molecule has 8 heteroatoms. The molecule has 27 heavy (non-hydrogen) atoms. The van der Waals surface area contributed by atoms with Crippen LogP contribution in [0.15, 0.2) is 18.2 Å². The number of nitrogens with zero attached hydrogens (tertiary/aromatic N) is 2. The molecule has 0 N–H and O–H groups in total. The van der Waals surface area contributed by atoms with Gasteiger partial charge >= 0.3 is 0 Å². The Morgan fingerprint density at radius 2 is 1.78 bits per heavy atom. The van der Waals surface area contributed by atoms with Crippen LogP contribution < -0.4 is 9.47 Å². The first-order valence-electron chi connectivity index (χ1n) is 9.32. The third kappa shape index (κ3) is 4.21. The Hall–Kier alpha value is -1.80. The zero-order valence-electron chi connectivity index (χ0n) is 16.2. The molecule has 3 rings (SSSR count). The van der Waals surface area contributed by atoms with Crippen LogP contribution in [0.2, 0.25) is 0 Å². The molecule has 0 bridgehead atoms. The largest absolute Gasteiger partial charge is 0.493 e. The van der Waals surface area contributed by atoms with Crippen molar-refractivity contribution in [2.45, 2.75) is 31.7 Å². The van der Waals surface area contributed by atoms with Gasteiger partial charge in [0.25, 0.3) is 0 Å². The van der Waals surface area contributed by atoms with E-state index in [0.717, 1.165) is 31.2 Å². The molecule has 2 aliphatic rings. The number of hydrogen-bond donors (Lipinski definition) is 0. The molecule has 2 saturated heterocycles. The normalized spacial score (nSPS) is 24.0. The van der Waals surface area contributed by atoms with Gasteiger partial charge in [0.1, 0.15) is 0 Å². The third-order valence-electron chi connectivity index (χ3n) is 5.53. The second-order valence-corrected chi connectivity index (χ2v) is 9.25. The lowest BCUT2D eigenvalue weighted by Gasteiger charge is -2.34. The number of likely N-dealkylation sites (tertiary alicyclic amines) is 1. The van der Waals surface area contributed by atoms with E-state index >= 15 is 0 Å². The number of hydrogen-bond acceptors (Lipinski definition) is 5. The van der Waals surface area contributed by atoms with Crippen molar-refractivity contribution in [2.75, 3.05) is 40.1 Å². The van der Waals surface area contributed by atoms with Gasteiger partial charge in [-0.25, -0.2) is 12.7 Å². The lowest BCUT2D eigenvalue weighted by Crippen LogP contribution is -2.46. The summed E-state index contributed by atoms with van der Waals surface area (Å²) in [6.07, 6.45) is 4.50. The van der Waals surface area contributed by atoms with Crippen molar-refractivity contribution in [3.8, 4) is 11.5 Å². The van der Waals surface area contributed by atoms with Crippen molar-refractivity contribution < 1.29 is 22.7 Å². The van der Waals surface area contributed by atoms with Crippen LogP contribution in [0.5, 0.6) is 11.5 Å². The molecule has 2 atom stereocenters. The van der Waals surface area contributed by atoms with E-state index in [1.54, 1.807) is 14.2 Å². The van der Waals surface area contributed by atoms with Crippen molar-refractivity contribution in [1.82, 2.24) is 9.21 Å². The lowest BCUT2D eigenvalue weighted by molar-refractivity contribution is -0.137. The quantitative estimate of drug-likeness (QED) is 0.761. The Labute approximate surface area is 161 Å². The Kier molecular flexibility index (Phi) is 5.95. The molecule has 0 radical (unpaired) electrons. The van der Waals surface area contributed by atoms with Gasteiger partial charge in [0, 0.05) is 19.6 Å². The highest BCUT2D eigenvalue weighted by molar-refractivity contribution is 7.88. The molecule has 150 valence electrons. The molecule has 2 fully saturated rings. The first kappa shape index (κ1) is 19.9. The van der Waals surface area contributed by atoms with Crippen molar-refractivity contribution in [3.05, 3.63) is 23.8 Å². The van der Waals surface area contributed by atoms with Crippen LogP contribution in [0.1, 0.15) is 37.3 Å². The molecule has 0 aliphatic carbocycles.